The van der Waals surface area contributed by atoms with Crippen LogP contribution in [0.25, 0.3) is 0 Å². The van der Waals surface area contributed by atoms with Crippen LogP contribution in [0.2, 0.25) is 0 Å². The Morgan fingerprint density at radius 1 is 1.80 bits per heavy atom. The van der Waals surface area contributed by atoms with Gasteiger partial charge < -0.3 is 9.84 Å². The van der Waals surface area contributed by atoms with E-state index in [1.165, 1.54) is 7.11 Å². The molecule has 0 spiro atoms. The third-order valence-corrected chi connectivity index (χ3v) is 0.875. The molecule has 0 atom stereocenters. The number of ether oxygens (including phenoxy) is 1. The molecule has 56 valence electrons. The maximum absolute atomic E-state index is 10.4. The number of carbonyl (C=O) groups is 1. The third-order valence-electron chi connectivity index (χ3n) is 0.875. The molecule has 1 N–H and O–H groups in total. The fraction of sp³-hybridized carbons (Fsp3) is 0.429. The van der Waals surface area contributed by atoms with Gasteiger partial charge in [-0.15, -0.1) is 5.73 Å². The Balaban J connectivity index is 4.08. The molecule has 0 radical (unpaired) electrons. The SMILES string of the molecule is COC(=O)C=C=C(C)CO. The van der Waals surface area contributed by atoms with Gasteiger partial charge in [0.1, 0.15) is 0 Å². The van der Waals surface area contributed by atoms with Gasteiger partial charge >= 0.3 is 5.97 Å². The number of rotatable bonds is 2. The average Bonchev–Trinajstić information content (AvgIpc) is 1.99. The molecule has 0 aromatic heterocycles. The number of hydrogen-bond acceptors (Lipinski definition) is 3. The lowest BCUT2D eigenvalue weighted by atomic mass is 10.3. The molecule has 0 unspecified atom stereocenters. The van der Waals surface area contributed by atoms with E-state index < -0.39 is 5.97 Å². The van der Waals surface area contributed by atoms with Crippen molar-refractivity contribution in [3.8, 4) is 0 Å². The predicted molar refractivity (Wildman–Crippen MR) is 36.4 cm³/mol. The molecule has 10 heavy (non-hydrogen) atoms. The van der Waals surface area contributed by atoms with Crippen molar-refractivity contribution in [3.63, 3.8) is 0 Å². The second-order valence-corrected chi connectivity index (χ2v) is 1.75. The lowest BCUT2D eigenvalue weighted by molar-refractivity contribution is -0.134. The summed E-state index contributed by atoms with van der Waals surface area (Å²) in [5, 5.41) is 8.45. The van der Waals surface area contributed by atoms with Crippen molar-refractivity contribution in [2.45, 2.75) is 6.92 Å². The first kappa shape index (κ1) is 8.95. The molecule has 0 aromatic carbocycles. The van der Waals surface area contributed by atoms with E-state index in [2.05, 4.69) is 10.5 Å². The van der Waals surface area contributed by atoms with Crippen molar-refractivity contribution < 1.29 is 14.6 Å². The van der Waals surface area contributed by atoms with Crippen molar-refractivity contribution in [2.75, 3.05) is 13.7 Å². The summed E-state index contributed by atoms with van der Waals surface area (Å²) in [4.78, 5) is 10.4. The minimum absolute atomic E-state index is 0.0898. The average molecular weight is 142 g/mol. The van der Waals surface area contributed by atoms with Crippen LogP contribution in [-0.4, -0.2) is 24.8 Å². The van der Waals surface area contributed by atoms with Crippen LogP contribution in [0.15, 0.2) is 17.4 Å². The van der Waals surface area contributed by atoms with Crippen LogP contribution < -0.4 is 0 Å². The third kappa shape index (κ3) is 3.89. The monoisotopic (exact) mass is 142 g/mol. The summed E-state index contributed by atoms with van der Waals surface area (Å²) in [7, 11) is 1.29. The van der Waals surface area contributed by atoms with E-state index in [4.69, 9.17) is 5.11 Å². The summed E-state index contributed by atoms with van der Waals surface area (Å²) in [6, 6.07) is 0. The lowest BCUT2D eigenvalue weighted by Gasteiger charge is -1.87. The highest BCUT2D eigenvalue weighted by molar-refractivity contribution is 5.81. The molecular formula is C7H10O3. The maximum atomic E-state index is 10.4. The minimum atomic E-state index is -0.465. The standard InChI is InChI=1S/C7H10O3/c1-6(5-8)3-4-7(9)10-2/h4,8H,5H2,1-2H3. The van der Waals surface area contributed by atoms with Gasteiger partial charge in [0.15, 0.2) is 0 Å². The Hall–Kier alpha value is -1.05. The zero-order valence-corrected chi connectivity index (χ0v) is 6.05. The molecule has 0 aliphatic rings. The lowest BCUT2D eigenvalue weighted by Crippen LogP contribution is -1.93. The second-order valence-electron chi connectivity index (χ2n) is 1.75. The summed E-state index contributed by atoms with van der Waals surface area (Å²) in [5.74, 6) is -0.465. The van der Waals surface area contributed by atoms with Crippen molar-refractivity contribution >= 4 is 5.97 Å². The highest BCUT2D eigenvalue weighted by atomic mass is 16.5. The van der Waals surface area contributed by atoms with Gasteiger partial charge in [-0.2, -0.15) is 0 Å². The molecule has 0 saturated heterocycles. The van der Waals surface area contributed by atoms with E-state index in [0.717, 1.165) is 6.08 Å². The molecule has 0 rings (SSSR count). The zero-order valence-electron chi connectivity index (χ0n) is 6.05. The van der Waals surface area contributed by atoms with E-state index in [9.17, 15) is 4.79 Å². The largest absolute Gasteiger partial charge is 0.465 e. The molecule has 3 heteroatoms. The fourth-order valence-electron chi connectivity index (χ4n) is 0.287. The van der Waals surface area contributed by atoms with Crippen LogP contribution in [0, 0.1) is 0 Å². The van der Waals surface area contributed by atoms with Gasteiger partial charge in [0.25, 0.3) is 0 Å². The summed E-state index contributed by atoms with van der Waals surface area (Å²) in [5.41, 5.74) is 3.15. The highest BCUT2D eigenvalue weighted by Crippen LogP contribution is 1.85. The van der Waals surface area contributed by atoms with Gasteiger partial charge in [0, 0.05) is 0 Å². The summed E-state index contributed by atoms with van der Waals surface area (Å²) >= 11 is 0. The van der Waals surface area contributed by atoms with Gasteiger partial charge in [-0.25, -0.2) is 4.79 Å². The van der Waals surface area contributed by atoms with Gasteiger partial charge in [-0.1, -0.05) is 0 Å². The molecule has 3 nitrogen and oxygen atoms in total. The quantitative estimate of drug-likeness (QED) is 0.341. The summed E-state index contributed by atoms with van der Waals surface area (Å²) in [6.45, 7) is 1.58. The van der Waals surface area contributed by atoms with Crippen molar-refractivity contribution in [2.24, 2.45) is 0 Å². The van der Waals surface area contributed by atoms with Gasteiger partial charge in [0.2, 0.25) is 0 Å². The maximum Gasteiger partial charge on any atom is 0.338 e. The van der Waals surface area contributed by atoms with Crippen LogP contribution in [0.3, 0.4) is 0 Å². The summed E-state index contributed by atoms with van der Waals surface area (Å²) < 4.78 is 4.29. The molecule has 0 aliphatic carbocycles. The second kappa shape index (κ2) is 4.79. The molecule has 0 aromatic rings. The Kier molecular flexibility index (Phi) is 4.29. The van der Waals surface area contributed by atoms with Gasteiger partial charge in [-0.3, -0.25) is 0 Å². The Bertz CT molecular complexity index is 175. The van der Waals surface area contributed by atoms with Gasteiger partial charge in [-0.05, 0) is 12.5 Å². The first-order valence-corrected chi connectivity index (χ1v) is 2.81. The van der Waals surface area contributed by atoms with Crippen molar-refractivity contribution in [1.82, 2.24) is 0 Å². The van der Waals surface area contributed by atoms with E-state index in [1.54, 1.807) is 6.92 Å². The molecular weight excluding hydrogens is 132 g/mol. The van der Waals surface area contributed by atoms with Crippen LogP contribution in [0.4, 0.5) is 0 Å². The van der Waals surface area contributed by atoms with E-state index in [-0.39, 0.29) is 6.61 Å². The first-order valence-electron chi connectivity index (χ1n) is 2.81. The van der Waals surface area contributed by atoms with Crippen LogP contribution in [-0.2, 0) is 9.53 Å². The van der Waals surface area contributed by atoms with E-state index in [0.29, 0.717) is 5.57 Å². The number of methoxy groups -OCH3 is 1. The Labute approximate surface area is 59.6 Å². The van der Waals surface area contributed by atoms with Gasteiger partial charge in [0.05, 0.1) is 19.8 Å². The van der Waals surface area contributed by atoms with E-state index in [1.807, 2.05) is 0 Å². The normalized spacial score (nSPS) is 7.90. The van der Waals surface area contributed by atoms with Crippen LogP contribution >= 0.6 is 0 Å². The Morgan fingerprint density at radius 2 is 2.40 bits per heavy atom. The molecule has 0 amide bonds. The number of aliphatic hydroxyl groups is 1. The number of carbonyl (C=O) groups excluding carboxylic acids is 1. The van der Waals surface area contributed by atoms with Crippen molar-refractivity contribution in [3.05, 3.63) is 17.4 Å². The van der Waals surface area contributed by atoms with Crippen molar-refractivity contribution in [1.29, 1.82) is 0 Å². The first-order chi connectivity index (χ1) is 4.70. The molecule has 0 saturated carbocycles. The molecule has 0 fully saturated rings. The number of esters is 1. The number of hydrogen-bond donors (Lipinski definition) is 1. The Morgan fingerprint density at radius 3 is 2.80 bits per heavy atom. The minimum Gasteiger partial charge on any atom is -0.465 e. The van der Waals surface area contributed by atoms with Crippen LogP contribution in [0.1, 0.15) is 6.92 Å². The molecule has 0 bridgehead atoms. The zero-order chi connectivity index (χ0) is 7.98. The molecule has 0 heterocycles. The smallest absolute Gasteiger partial charge is 0.338 e. The predicted octanol–water partition coefficient (Wildman–Crippen LogP) is 0.253. The number of aliphatic hydroxyl groups excluding tert-OH is 1. The van der Waals surface area contributed by atoms with Crippen LogP contribution in [0.5, 0.6) is 0 Å². The fourth-order valence-corrected chi connectivity index (χ4v) is 0.287. The highest BCUT2D eigenvalue weighted by Gasteiger charge is 1.87. The van der Waals surface area contributed by atoms with E-state index >= 15 is 0 Å². The summed E-state index contributed by atoms with van der Waals surface area (Å²) in [6.07, 6.45) is 1.14. The topological polar surface area (TPSA) is 46.5 Å². The molecule has 0 aliphatic heterocycles.